The summed E-state index contributed by atoms with van der Waals surface area (Å²) in [5.74, 6) is -0.730. The van der Waals surface area contributed by atoms with Gasteiger partial charge in [0, 0.05) is 42.5 Å². The normalized spacial score (nSPS) is 19.0. The first-order chi connectivity index (χ1) is 12.6. The number of nitrogens with zero attached hydrogens (tertiary/aromatic N) is 4. The minimum Gasteiger partial charge on any atom is -0.332 e. The third-order valence-corrected chi connectivity index (χ3v) is 5.58. The smallest absolute Gasteiger partial charge is 0.312 e. The van der Waals surface area contributed by atoms with Gasteiger partial charge < -0.3 is 9.80 Å². The van der Waals surface area contributed by atoms with Gasteiger partial charge in [0.2, 0.25) is 0 Å². The average Bonchev–Trinajstić information content (AvgIpc) is 3.17. The van der Waals surface area contributed by atoms with Crippen LogP contribution in [-0.4, -0.2) is 57.5 Å². The lowest BCUT2D eigenvalue weighted by atomic mass is 10.1. The van der Waals surface area contributed by atoms with Crippen molar-refractivity contribution in [2.24, 2.45) is 0 Å². The van der Waals surface area contributed by atoms with E-state index in [9.17, 15) is 9.59 Å². The summed E-state index contributed by atoms with van der Waals surface area (Å²) in [6, 6.07) is 7.72. The molecular formula is C19H21ClN4O2. The van der Waals surface area contributed by atoms with Gasteiger partial charge >= 0.3 is 11.8 Å². The van der Waals surface area contributed by atoms with Crippen LogP contribution in [0.1, 0.15) is 31.4 Å². The van der Waals surface area contributed by atoms with E-state index in [1.807, 2.05) is 18.2 Å². The molecule has 136 valence electrons. The van der Waals surface area contributed by atoms with Gasteiger partial charge in [-0.05, 0) is 31.0 Å². The van der Waals surface area contributed by atoms with Gasteiger partial charge in [0.1, 0.15) is 0 Å². The standard InChI is InChI=1S/C19H21ClN4O2/c20-14-6-5-13-11-15(21-22-17(13)12-14)7-8-23-9-10-24(19(26)18(23)25)16-3-1-2-4-16/h5-6,11-12,16H,1-4,7-10H2. The van der Waals surface area contributed by atoms with Crippen molar-refractivity contribution in [3.63, 3.8) is 0 Å². The van der Waals surface area contributed by atoms with Crippen LogP contribution in [0.2, 0.25) is 5.02 Å². The number of rotatable bonds is 4. The van der Waals surface area contributed by atoms with Gasteiger partial charge in [-0.2, -0.15) is 10.2 Å². The zero-order chi connectivity index (χ0) is 18.1. The van der Waals surface area contributed by atoms with Gasteiger partial charge in [-0.1, -0.05) is 30.5 Å². The van der Waals surface area contributed by atoms with Crippen molar-refractivity contribution in [3.05, 3.63) is 35.0 Å². The van der Waals surface area contributed by atoms with Crippen LogP contribution in [0.15, 0.2) is 24.3 Å². The lowest BCUT2D eigenvalue weighted by molar-refractivity contribution is -0.157. The Hall–Kier alpha value is -2.21. The quantitative estimate of drug-likeness (QED) is 0.773. The second-order valence-electron chi connectivity index (χ2n) is 7.02. The highest BCUT2D eigenvalue weighted by atomic mass is 35.5. The fourth-order valence-corrected chi connectivity index (χ4v) is 4.06. The molecule has 1 aromatic carbocycles. The zero-order valence-electron chi connectivity index (χ0n) is 14.5. The van der Waals surface area contributed by atoms with Gasteiger partial charge in [0.25, 0.3) is 0 Å². The Labute approximate surface area is 157 Å². The number of amides is 2. The number of fused-ring (bicyclic) bond motifs is 1. The number of carbonyl (C=O) groups is 2. The fourth-order valence-electron chi connectivity index (χ4n) is 3.89. The minimum absolute atomic E-state index is 0.256. The van der Waals surface area contributed by atoms with Crippen molar-refractivity contribution in [2.45, 2.75) is 38.1 Å². The van der Waals surface area contributed by atoms with E-state index >= 15 is 0 Å². The highest BCUT2D eigenvalue weighted by Crippen LogP contribution is 2.25. The summed E-state index contributed by atoms with van der Waals surface area (Å²) in [6.07, 6.45) is 4.93. The zero-order valence-corrected chi connectivity index (χ0v) is 15.3. The Kier molecular flexibility index (Phi) is 4.76. The molecule has 0 spiro atoms. The van der Waals surface area contributed by atoms with Crippen molar-refractivity contribution in [3.8, 4) is 0 Å². The van der Waals surface area contributed by atoms with E-state index in [4.69, 9.17) is 11.6 Å². The summed E-state index contributed by atoms with van der Waals surface area (Å²) < 4.78 is 0. The van der Waals surface area contributed by atoms with Crippen LogP contribution < -0.4 is 0 Å². The Morgan fingerprint density at radius 1 is 1.04 bits per heavy atom. The maximum atomic E-state index is 12.4. The summed E-state index contributed by atoms with van der Waals surface area (Å²) in [7, 11) is 0. The molecule has 2 aliphatic rings. The van der Waals surface area contributed by atoms with E-state index in [2.05, 4.69) is 10.2 Å². The first kappa shape index (κ1) is 17.2. The number of aromatic nitrogens is 2. The lowest BCUT2D eigenvalue weighted by Gasteiger charge is -2.37. The van der Waals surface area contributed by atoms with Crippen LogP contribution in [-0.2, 0) is 16.0 Å². The first-order valence-electron chi connectivity index (χ1n) is 9.13. The molecule has 1 aromatic heterocycles. The van der Waals surface area contributed by atoms with Gasteiger partial charge in [-0.3, -0.25) is 9.59 Å². The maximum Gasteiger partial charge on any atom is 0.312 e. The van der Waals surface area contributed by atoms with E-state index in [0.29, 0.717) is 31.1 Å². The minimum atomic E-state index is -0.385. The summed E-state index contributed by atoms with van der Waals surface area (Å²) in [6.45, 7) is 1.71. The fraction of sp³-hybridized carbons (Fsp3) is 0.474. The molecule has 1 saturated heterocycles. The van der Waals surface area contributed by atoms with Crippen molar-refractivity contribution in [1.29, 1.82) is 0 Å². The summed E-state index contributed by atoms with van der Waals surface area (Å²) >= 11 is 5.96. The van der Waals surface area contributed by atoms with Crippen LogP contribution in [0.25, 0.3) is 10.9 Å². The van der Waals surface area contributed by atoms with Gasteiger partial charge in [-0.25, -0.2) is 0 Å². The van der Waals surface area contributed by atoms with Crippen molar-refractivity contribution >= 4 is 34.3 Å². The molecule has 0 atom stereocenters. The Morgan fingerprint density at radius 3 is 2.65 bits per heavy atom. The van der Waals surface area contributed by atoms with Crippen molar-refractivity contribution < 1.29 is 9.59 Å². The Bertz CT molecular complexity index is 851. The lowest BCUT2D eigenvalue weighted by Crippen LogP contribution is -2.57. The molecule has 0 N–H and O–H groups in total. The number of hydrogen-bond donors (Lipinski definition) is 0. The molecule has 2 amide bonds. The van der Waals surface area contributed by atoms with Gasteiger partial charge in [-0.15, -0.1) is 0 Å². The van der Waals surface area contributed by atoms with E-state index in [1.165, 1.54) is 0 Å². The molecule has 1 saturated carbocycles. The molecule has 0 radical (unpaired) electrons. The first-order valence-corrected chi connectivity index (χ1v) is 9.51. The topological polar surface area (TPSA) is 66.4 Å². The Morgan fingerprint density at radius 2 is 1.85 bits per heavy atom. The largest absolute Gasteiger partial charge is 0.332 e. The summed E-state index contributed by atoms with van der Waals surface area (Å²) in [5, 5.41) is 10.00. The highest BCUT2D eigenvalue weighted by Gasteiger charge is 2.36. The van der Waals surface area contributed by atoms with Crippen LogP contribution >= 0.6 is 11.6 Å². The van der Waals surface area contributed by atoms with Crippen LogP contribution in [0.5, 0.6) is 0 Å². The number of halogens is 1. The van der Waals surface area contributed by atoms with E-state index in [-0.39, 0.29) is 17.9 Å². The van der Waals surface area contributed by atoms with Crippen molar-refractivity contribution in [2.75, 3.05) is 19.6 Å². The van der Waals surface area contributed by atoms with Gasteiger partial charge in [0.15, 0.2) is 0 Å². The number of hydrogen-bond acceptors (Lipinski definition) is 4. The van der Waals surface area contributed by atoms with Crippen LogP contribution in [0.4, 0.5) is 0 Å². The molecule has 1 aliphatic heterocycles. The molecular weight excluding hydrogens is 352 g/mol. The molecule has 0 unspecified atom stereocenters. The Balaban J connectivity index is 1.39. The third kappa shape index (κ3) is 3.38. The second kappa shape index (κ2) is 7.19. The van der Waals surface area contributed by atoms with E-state index in [0.717, 1.165) is 42.3 Å². The predicted molar refractivity (Wildman–Crippen MR) is 98.8 cm³/mol. The molecule has 0 bridgehead atoms. The molecule has 26 heavy (non-hydrogen) atoms. The number of piperazine rings is 1. The average molecular weight is 373 g/mol. The number of carbonyl (C=O) groups excluding carboxylic acids is 2. The molecule has 2 heterocycles. The third-order valence-electron chi connectivity index (χ3n) is 5.35. The number of benzene rings is 1. The molecule has 2 fully saturated rings. The van der Waals surface area contributed by atoms with Crippen LogP contribution in [0.3, 0.4) is 0 Å². The molecule has 2 aromatic rings. The van der Waals surface area contributed by atoms with E-state index in [1.54, 1.807) is 15.9 Å². The van der Waals surface area contributed by atoms with Crippen LogP contribution in [0, 0.1) is 0 Å². The summed E-state index contributed by atoms with van der Waals surface area (Å²) in [4.78, 5) is 28.3. The van der Waals surface area contributed by atoms with Crippen molar-refractivity contribution in [1.82, 2.24) is 20.0 Å². The monoisotopic (exact) mass is 372 g/mol. The molecule has 1 aliphatic carbocycles. The second-order valence-corrected chi connectivity index (χ2v) is 7.45. The molecule has 7 heteroatoms. The molecule has 6 nitrogen and oxygen atoms in total. The maximum absolute atomic E-state index is 12.4. The predicted octanol–water partition coefficient (Wildman–Crippen LogP) is 2.44. The van der Waals surface area contributed by atoms with E-state index < -0.39 is 0 Å². The summed E-state index contributed by atoms with van der Waals surface area (Å²) in [5.41, 5.74) is 1.55. The SMILES string of the molecule is O=C1C(=O)N(C2CCCC2)CCN1CCc1cc2ccc(Cl)cc2nn1. The molecule has 4 rings (SSSR count). The van der Waals surface area contributed by atoms with Gasteiger partial charge in [0.05, 0.1) is 11.2 Å². The highest BCUT2D eigenvalue weighted by molar-refractivity contribution is 6.35.